The maximum absolute atomic E-state index is 10.3. The lowest BCUT2D eigenvalue weighted by atomic mass is 10.0. The number of hydrogen-bond donors (Lipinski definition) is 1. The number of nitrogens with zero attached hydrogens (tertiary/aromatic N) is 1. The van der Waals surface area contributed by atoms with Crippen molar-refractivity contribution in [1.82, 2.24) is 0 Å². The predicted molar refractivity (Wildman–Crippen MR) is 69.7 cm³/mol. The second-order valence-corrected chi connectivity index (χ2v) is 4.64. The summed E-state index contributed by atoms with van der Waals surface area (Å²) in [5, 5.41) is 18.9. The van der Waals surface area contributed by atoms with Crippen LogP contribution in [0.1, 0.15) is 5.56 Å². The maximum Gasteiger partial charge on any atom is 0.294 e. The number of aliphatic hydroxyl groups is 1. The molecule has 2 atom stereocenters. The smallest absolute Gasteiger partial charge is 0.294 e. The van der Waals surface area contributed by atoms with Crippen LogP contribution >= 0.6 is 11.6 Å². The number of ether oxygens (including phenoxy) is 2. The van der Waals surface area contributed by atoms with Crippen LogP contribution in [0.15, 0.2) is 18.2 Å². The second-order valence-electron chi connectivity index (χ2n) is 4.33. The van der Waals surface area contributed by atoms with E-state index in [4.69, 9.17) is 21.1 Å². The molecular weight excluding hydrogens is 290 g/mol. The number of aliphatic hydroxyl groups excluding tert-OH is 1. The van der Waals surface area contributed by atoms with Crippen LogP contribution < -0.4 is 9.47 Å². The fourth-order valence-electron chi connectivity index (χ4n) is 1.90. The highest BCUT2D eigenvalue weighted by molar-refractivity contribution is 6.18. The van der Waals surface area contributed by atoms with Gasteiger partial charge in [-0.2, -0.15) is 0 Å². The van der Waals surface area contributed by atoms with Gasteiger partial charge in [-0.3, -0.25) is 0 Å². The second kappa shape index (κ2) is 6.62. The highest BCUT2D eigenvalue weighted by Crippen LogP contribution is 2.35. The van der Waals surface area contributed by atoms with E-state index in [1.165, 1.54) is 0 Å². The molecular formula is C12H14ClNO6. The van der Waals surface area contributed by atoms with Crippen molar-refractivity contribution in [2.24, 2.45) is 0 Å². The van der Waals surface area contributed by atoms with Crippen LogP contribution in [0.5, 0.6) is 11.5 Å². The molecule has 0 bridgehead atoms. The van der Waals surface area contributed by atoms with Crippen molar-refractivity contribution >= 4 is 11.6 Å². The number of benzene rings is 1. The van der Waals surface area contributed by atoms with Crippen LogP contribution in [-0.4, -0.2) is 41.5 Å². The average molecular weight is 304 g/mol. The van der Waals surface area contributed by atoms with Gasteiger partial charge in [0, 0.05) is 12.0 Å². The van der Waals surface area contributed by atoms with Crippen LogP contribution in [0.25, 0.3) is 0 Å². The molecule has 1 N–H and O–H groups in total. The Balaban J connectivity index is 2.06. The van der Waals surface area contributed by atoms with Crippen LogP contribution in [0.4, 0.5) is 0 Å². The van der Waals surface area contributed by atoms with Crippen molar-refractivity contribution in [3.05, 3.63) is 33.9 Å². The molecule has 0 saturated heterocycles. The minimum absolute atomic E-state index is 0.0537. The third kappa shape index (κ3) is 3.64. The van der Waals surface area contributed by atoms with Gasteiger partial charge in [-0.25, -0.2) is 0 Å². The Hall–Kier alpha value is -1.73. The highest BCUT2D eigenvalue weighted by atomic mass is 35.5. The number of halogens is 1. The molecule has 0 amide bonds. The summed E-state index contributed by atoms with van der Waals surface area (Å²) in [5.41, 5.74) is 0.765. The van der Waals surface area contributed by atoms with Gasteiger partial charge in [0.1, 0.15) is 25.4 Å². The van der Waals surface area contributed by atoms with Crippen molar-refractivity contribution in [3.8, 4) is 11.5 Å². The van der Waals surface area contributed by atoms with Gasteiger partial charge in [0.05, 0.1) is 5.88 Å². The SMILES string of the molecule is O=[N+]([O-])OC1COc2c(cccc2OCC(O)CCl)C1. The molecule has 1 aliphatic rings. The Morgan fingerprint density at radius 2 is 2.40 bits per heavy atom. The molecule has 0 spiro atoms. The molecule has 0 saturated carbocycles. The molecule has 20 heavy (non-hydrogen) atoms. The van der Waals surface area contributed by atoms with E-state index in [1.807, 2.05) is 0 Å². The molecule has 110 valence electrons. The molecule has 1 aliphatic heterocycles. The van der Waals surface area contributed by atoms with Crippen molar-refractivity contribution < 1.29 is 24.5 Å². The van der Waals surface area contributed by atoms with Crippen LogP contribution in [0.3, 0.4) is 0 Å². The largest absolute Gasteiger partial charge is 0.487 e. The quantitative estimate of drug-likeness (QED) is 0.482. The van der Waals surface area contributed by atoms with Crippen molar-refractivity contribution in [2.75, 3.05) is 19.1 Å². The fourth-order valence-corrected chi connectivity index (χ4v) is 1.99. The van der Waals surface area contributed by atoms with Crippen molar-refractivity contribution in [1.29, 1.82) is 0 Å². The molecule has 1 heterocycles. The Kier molecular flexibility index (Phi) is 4.86. The van der Waals surface area contributed by atoms with Gasteiger partial charge in [-0.1, -0.05) is 12.1 Å². The number of alkyl halides is 1. The lowest BCUT2D eigenvalue weighted by molar-refractivity contribution is -0.769. The van der Waals surface area contributed by atoms with Crippen LogP contribution in [0, 0.1) is 10.1 Å². The molecule has 0 radical (unpaired) electrons. The first-order valence-electron chi connectivity index (χ1n) is 6.03. The summed E-state index contributed by atoms with van der Waals surface area (Å²) in [6, 6.07) is 5.24. The zero-order valence-corrected chi connectivity index (χ0v) is 11.3. The van der Waals surface area contributed by atoms with E-state index in [1.54, 1.807) is 18.2 Å². The molecule has 7 nitrogen and oxygen atoms in total. The first-order chi connectivity index (χ1) is 9.60. The first kappa shape index (κ1) is 14.7. The van der Waals surface area contributed by atoms with Gasteiger partial charge in [-0.05, 0) is 6.07 Å². The van der Waals surface area contributed by atoms with E-state index in [2.05, 4.69) is 4.84 Å². The lowest BCUT2D eigenvalue weighted by Crippen LogP contribution is -2.31. The van der Waals surface area contributed by atoms with Gasteiger partial charge in [-0.15, -0.1) is 21.7 Å². The normalized spacial score (nSPS) is 18.6. The minimum atomic E-state index is -0.823. The van der Waals surface area contributed by atoms with Crippen LogP contribution in [-0.2, 0) is 11.3 Å². The molecule has 1 aromatic rings. The van der Waals surface area contributed by atoms with E-state index in [0.717, 1.165) is 5.56 Å². The molecule has 0 aromatic heterocycles. The zero-order chi connectivity index (χ0) is 14.5. The Morgan fingerprint density at radius 1 is 1.60 bits per heavy atom. The molecule has 0 fully saturated rings. The maximum atomic E-state index is 10.3. The van der Waals surface area contributed by atoms with Crippen molar-refractivity contribution in [2.45, 2.75) is 18.6 Å². The minimum Gasteiger partial charge on any atom is -0.487 e. The van der Waals surface area contributed by atoms with Gasteiger partial charge in [0.15, 0.2) is 11.5 Å². The third-order valence-corrected chi connectivity index (χ3v) is 3.12. The third-order valence-electron chi connectivity index (χ3n) is 2.77. The summed E-state index contributed by atoms with van der Waals surface area (Å²) in [5.74, 6) is 1.08. The molecule has 0 aliphatic carbocycles. The monoisotopic (exact) mass is 303 g/mol. The van der Waals surface area contributed by atoms with E-state index >= 15 is 0 Å². The zero-order valence-electron chi connectivity index (χ0n) is 10.5. The lowest BCUT2D eigenvalue weighted by Gasteiger charge is -2.25. The predicted octanol–water partition coefficient (Wildman–Crippen LogP) is 1.18. The fraction of sp³-hybridized carbons (Fsp3) is 0.500. The van der Waals surface area contributed by atoms with Gasteiger partial charge < -0.3 is 19.4 Å². The summed E-state index contributed by atoms with van der Waals surface area (Å²) < 4.78 is 10.9. The summed E-state index contributed by atoms with van der Waals surface area (Å²) in [7, 11) is 0. The summed E-state index contributed by atoms with van der Waals surface area (Å²) in [6.07, 6.45) is -1.02. The van der Waals surface area contributed by atoms with E-state index < -0.39 is 17.3 Å². The summed E-state index contributed by atoms with van der Waals surface area (Å²) in [4.78, 5) is 14.8. The van der Waals surface area contributed by atoms with Crippen molar-refractivity contribution in [3.63, 3.8) is 0 Å². The standard InChI is InChI=1S/C12H14ClNO6/c13-5-9(15)6-18-11-3-1-2-8-4-10(20-14(16)17)7-19-12(8)11/h1-3,9-10,15H,4-7H2. The number of para-hydroxylation sites is 1. The Morgan fingerprint density at radius 3 is 3.10 bits per heavy atom. The molecule has 2 unspecified atom stereocenters. The summed E-state index contributed by atoms with van der Waals surface area (Å²) >= 11 is 5.49. The number of fused-ring (bicyclic) bond motifs is 1. The van der Waals surface area contributed by atoms with Crippen LogP contribution in [0.2, 0.25) is 0 Å². The van der Waals surface area contributed by atoms with Gasteiger partial charge >= 0.3 is 0 Å². The number of rotatable bonds is 6. The summed E-state index contributed by atoms with van der Waals surface area (Å²) in [6.45, 7) is 0.130. The number of hydrogen-bond acceptors (Lipinski definition) is 6. The highest BCUT2D eigenvalue weighted by Gasteiger charge is 2.25. The first-order valence-corrected chi connectivity index (χ1v) is 6.56. The average Bonchev–Trinajstić information content (AvgIpc) is 2.43. The molecule has 1 aromatic carbocycles. The van der Waals surface area contributed by atoms with E-state index in [-0.39, 0.29) is 19.1 Å². The van der Waals surface area contributed by atoms with Gasteiger partial charge in [0.25, 0.3) is 5.09 Å². The Bertz CT molecular complexity index is 483. The molecule has 2 rings (SSSR count). The van der Waals surface area contributed by atoms with E-state index in [0.29, 0.717) is 17.9 Å². The molecule has 8 heteroatoms. The topological polar surface area (TPSA) is 91.1 Å². The van der Waals surface area contributed by atoms with Gasteiger partial charge in [0.2, 0.25) is 0 Å². The Labute approximate surface area is 120 Å². The van der Waals surface area contributed by atoms with E-state index in [9.17, 15) is 15.2 Å².